The Hall–Kier alpha value is -1.17. The van der Waals surface area contributed by atoms with E-state index in [0.717, 1.165) is 17.2 Å². The molecule has 4 nitrogen and oxygen atoms in total. The van der Waals surface area contributed by atoms with Gasteiger partial charge in [-0.05, 0) is 31.4 Å². The minimum atomic E-state index is -0.154. The highest BCUT2D eigenvalue weighted by atomic mass is 32.1. The first-order valence-corrected chi connectivity index (χ1v) is 7.03. The molecule has 0 radical (unpaired) electrons. The summed E-state index contributed by atoms with van der Waals surface area (Å²) in [5.41, 5.74) is 1.27. The summed E-state index contributed by atoms with van der Waals surface area (Å²) in [7, 11) is 0. The number of furan rings is 1. The van der Waals surface area contributed by atoms with E-state index >= 15 is 0 Å². The second-order valence-corrected chi connectivity index (χ2v) is 5.63. The number of fused-ring (bicyclic) bond motifs is 1. The lowest BCUT2D eigenvalue weighted by Crippen LogP contribution is -2.23. The molecule has 2 N–H and O–H groups in total. The third-order valence-corrected chi connectivity index (χ3v) is 4.37. The zero-order valence-corrected chi connectivity index (χ0v) is 10.9. The molecule has 2 aromatic heterocycles. The van der Waals surface area contributed by atoms with Gasteiger partial charge in [0.15, 0.2) is 0 Å². The lowest BCUT2D eigenvalue weighted by Gasteiger charge is -2.12. The Morgan fingerprint density at radius 1 is 1.50 bits per heavy atom. The highest BCUT2D eigenvalue weighted by Gasteiger charge is 2.18. The van der Waals surface area contributed by atoms with Crippen LogP contribution in [0.4, 0.5) is 0 Å². The SMILES string of the molecule is OCC(NCc1nc2c(s1)CCC2)c1ccco1. The largest absolute Gasteiger partial charge is 0.468 e. The quantitative estimate of drug-likeness (QED) is 0.867. The van der Waals surface area contributed by atoms with E-state index in [9.17, 15) is 5.11 Å². The van der Waals surface area contributed by atoms with Gasteiger partial charge in [0.25, 0.3) is 0 Å². The van der Waals surface area contributed by atoms with Crippen LogP contribution in [0.25, 0.3) is 0 Å². The number of aliphatic hydroxyl groups excluding tert-OH is 1. The Labute approximate surface area is 110 Å². The Bertz CT molecular complexity index is 486. The molecule has 0 bridgehead atoms. The second-order valence-electron chi connectivity index (χ2n) is 4.46. The van der Waals surface area contributed by atoms with Crippen molar-refractivity contribution in [3.63, 3.8) is 0 Å². The van der Waals surface area contributed by atoms with Crippen LogP contribution in [0.3, 0.4) is 0 Å². The van der Waals surface area contributed by atoms with Crippen molar-refractivity contribution in [1.29, 1.82) is 0 Å². The van der Waals surface area contributed by atoms with E-state index < -0.39 is 0 Å². The molecule has 96 valence electrons. The normalized spacial score (nSPS) is 15.8. The van der Waals surface area contributed by atoms with E-state index in [2.05, 4.69) is 10.3 Å². The van der Waals surface area contributed by atoms with Crippen LogP contribution in [0.5, 0.6) is 0 Å². The summed E-state index contributed by atoms with van der Waals surface area (Å²) in [5.74, 6) is 0.765. The maximum atomic E-state index is 9.35. The van der Waals surface area contributed by atoms with Crippen molar-refractivity contribution in [2.75, 3.05) is 6.61 Å². The van der Waals surface area contributed by atoms with E-state index in [-0.39, 0.29) is 12.6 Å². The van der Waals surface area contributed by atoms with Gasteiger partial charge in [0.1, 0.15) is 10.8 Å². The van der Waals surface area contributed by atoms with Crippen molar-refractivity contribution in [1.82, 2.24) is 10.3 Å². The molecular weight excluding hydrogens is 248 g/mol. The molecule has 1 aliphatic rings. The molecule has 1 atom stereocenters. The molecule has 0 saturated heterocycles. The molecule has 18 heavy (non-hydrogen) atoms. The minimum Gasteiger partial charge on any atom is -0.468 e. The molecular formula is C13H16N2O2S. The van der Waals surface area contributed by atoms with Crippen LogP contribution in [-0.2, 0) is 19.4 Å². The topological polar surface area (TPSA) is 58.3 Å². The van der Waals surface area contributed by atoms with Crippen molar-refractivity contribution in [3.8, 4) is 0 Å². The fourth-order valence-corrected chi connectivity index (χ4v) is 3.38. The number of aliphatic hydroxyl groups is 1. The van der Waals surface area contributed by atoms with Crippen LogP contribution in [0, 0.1) is 0 Å². The predicted octanol–water partition coefficient (Wildman–Crippen LogP) is 2.05. The standard InChI is InChI=1S/C13H16N2O2S/c16-8-10(11-4-2-6-17-11)14-7-13-15-9-3-1-5-12(9)18-13/h2,4,6,10,14,16H,1,3,5,7-8H2. The van der Waals surface area contributed by atoms with Gasteiger partial charge in [-0.15, -0.1) is 11.3 Å². The number of hydrogen-bond acceptors (Lipinski definition) is 5. The number of aromatic nitrogens is 1. The van der Waals surface area contributed by atoms with Gasteiger partial charge in [-0.3, -0.25) is 5.32 Å². The van der Waals surface area contributed by atoms with E-state index in [1.165, 1.54) is 23.4 Å². The van der Waals surface area contributed by atoms with E-state index in [0.29, 0.717) is 6.54 Å². The fourth-order valence-electron chi connectivity index (χ4n) is 2.27. The van der Waals surface area contributed by atoms with Crippen molar-refractivity contribution in [2.24, 2.45) is 0 Å². The Morgan fingerprint density at radius 3 is 3.17 bits per heavy atom. The lowest BCUT2D eigenvalue weighted by atomic mass is 10.2. The summed E-state index contributed by atoms with van der Waals surface area (Å²) < 4.78 is 5.30. The number of rotatable bonds is 5. The maximum Gasteiger partial charge on any atom is 0.123 e. The van der Waals surface area contributed by atoms with Gasteiger partial charge < -0.3 is 9.52 Å². The van der Waals surface area contributed by atoms with Crippen molar-refractivity contribution >= 4 is 11.3 Å². The second kappa shape index (κ2) is 5.22. The summed E-state index contributed by atoms with van der Waals surface area (Å²) in [6, 6.07) is 3.55. The summed E-state index contributed by atoms with van der Waals surface area (Å²) in [6.07, 6.45) is 5.16. The van der Waals surface area contributed by atoms with Crippen LogP contribution in [0.1, 0.15) is 33.8 Å². The fraction of sp³-hybridized carbons (Fsp3) is 0.462. The molecule has 5 heteroatoms. The number of thiazole rings is 1. The van der Waals surface area contributed by atoms with Gasteiger partial charge >= 0.3 is 0 Å². The molecule has 3 rings (SSSR count). The zero-order chi connectivity index (χ0) is 12.4. The van der Waals surface area contributed by atoms with Crippen molar-refractivity contribution in [2.45, 2.75) is 31.8 Å². The molecule has 0 fully saturated rings. The predicted molar refractivity (Wildman–Crippen MR) is 69.5 cm³/mol. The summed E-state index contributed by atoms with van der Waals surface area (Å²) in [5, 5.41) is 13.7. The lowest BCUT2D eigenvalue weighted by molar-refractivity contribution is 0.225. The Balaban J connectivity index is 1.62. The Morgan fingerprint density at radius 2 is 2.44 bits per heavy atom. The van der Waals surface area contributed by atoms with E-state index in [4.69, 9.17) is 4.42 Å². The summed E-state index contributed by atoms with van der Waals surface area (Å²) in [6.45, 7) is 0.711. The first-order chi connectivity index (χ1) is 8.86. The van der Waals surface area contributed by atoms with Crippen LogP contribution < -0.4 is 5.32 Å². The summed E-state index contributed by atoms with van der Waals surface area (Å²) >= 11 is 1.79. The van der Waals surface area contributed by atoms with Crippen molar-refractivity contribution < 1.29 is 9.52 Å². The average molecular weight is 264 g/mol. The minimum absolute atomic E-state index is 0.0264. The van der Waals surface area contributed by atoms with Gasteiger partial charge in [-0.25, -0.2) is 4.98 Å². The van der Waals surface area contributed by atoms with Gasteiger partial charge in [0.2, 0.25) is 0 Å². The van der Waals surface area contributed by atoms with Crippen LogP contribution >= 0.6 is 11.3 Å². The molecule has 0 aliphatic heterocycles. The number of nitrogens with zero attached hydrogens (tertiary/aromatic N) is 1. The zero-order valence-electron chi connectivity index (χ0n) is 10.1. The third kappa shape index (κ3) is 2.34. The number of hydrogen-bond donors (Lipinski definition) is 2. The van der Waals surface area contributed by atoms with Gasteiger partial charge in [0, 0.05) is 11.4 Å². The number of nitrogens with one attached hydrogen (secondary N) is 1. The smallest absolute Gasteiger partial charge is 0.123 e. The molecule has 2 heterocycles. The maximum absolute atomic E-state index is 9.35. The van der Waals surface area contributed by atoms with Crippen molar-refractivity contribution in [3.05, 3.63) is 39.7 Å². The first-order valence-electron chi connectivity index (χ1n) is 6.22. The van der Waals surface area contributed by atoms with Crippen LogP contribution in [-0.4, -0.2) is 16.7 Å². The van der Waals surface area contributed by atoms with Crippen LogP contribution in [0.2, 0.25) is 0 Å². The number of aryl methyl sites for hydroxylation is 2. The third-order valence-electron chi connectivity index (χ3n) is 3.21. The Kier molecular flexibility index (Phi) is 3.45. The molecule has 0 spiro atoms. The van der Waals surface area contributed by atoms with E-state index in [1.54, 1.807) is 17.6 Å². The first kappa shape index (κ1) is 11.9. The highest BCUT2D eigenvalue weighted by molar-refractivity contribution is 7.11. The molecule has 1 aliphatic carbocycles. The van der Waals surface area contributed by atoms with Gasteiger partial charge in [-0.2, -0.15) is 0 Å². The molecule has 0 amide bonds. The van der Waals surface area contributed by atoms with Gasteiger partial charge in [0.05, 0.1) is 24.6 Å². The van der Waals surface area contributed by atoms with Gasteiger partial charge in [-0.1, -0.05) is 0 Å². The molecule has 0 saturated carbocycles. The average Bonchev–Trinajstić information content (AvgIpc) is 3.04. The van der Waals surface area contributed by atoms with E-state index in [1.807, 2.05) is 12.1 Å². The van der Waals surface area contributed by atoms with Crippen LogP contribution in [0.15, 0.2) is 22.8 Å². The monoisotopic (exact) mass is 264 g/mol. The summed E-state index contributed by atoms with van der Waals surface area (Å²) in [4.78, 5) is 6.06. The highest BCUT2D eigenvalue weighted by Crippen LogP contribution is 2.27. The molecule has 0 aromatic carbocycles. The molecule has 1 unspecified atom stereocenters. The molecule has 2 aromatic rings.